The molecule has 0 bridgehead atoms. The molecule has 1 aromatic rings. The molecule has 0 aliphatic carbocycles. The summed E-state index contributed by atoms with van der Waals surface area (Å²) in [7, 11) is 0. The van der Waals surface area contributed by atoms with Gasteiger partial charge < -0.3 is 10.3 Å². The highest BCUT2D eigenvalue weighted by molar-refractivity contribution is 7.10. The lowest BCUT2D eigenvalue weighted by molar-refractivity contribution is -0.195. The Morgan fingerprint density at radius 1 is 1.75 bits per heavy atom. The SMILES string of the molecule is CCN(O)C(O)c1sccc1Cl. The van der Waals surface area contributed by atoms with E-state index in [0.717, 1.165) is 5.06 Å². The molecule has 1 atom stereocenters. The number of hydroxylamine groups is 2. The van der Waals surface area contributed by atoms with Crippen molar-refractivity contribution in [3.8, 4) is 0 Å². The lowest BCUT2D eigenvalue weighted by Gasteiger charge is -2.18. The molecular weight excluding hydrogens is 198 g/mol. The molecule has 0 aliphatic heterocycles. The zero-order chi connectivity index (χ0) is 9.14. The Morgan fingerprint density at radius 3 is 2.83 bits per heavy atom. The monoisotopic (exact) mass is 207 g/mol. The second kappa shape index (κ2) is 4.20. The molecule has 1 unspecified atom stereocenters. The summed E-state index contributed by atoms with van der Waals surface area (Å²) in [6.45, 7) is 2.10. The average Bonchev–Trinajstić information content (AvgIpc) is 2.48. The number of aliphatic hydroxyl groups is 1. The van der Waals surface area contributed by atoms with Crippen molar-refractivity contribution in [1.82, 2.24) is 5.06 Å². The Bertz CT molecular complexity index is 253. The summed E-state index contributed by atoms with van der Waals surface area (Å²) >= 11 is 7.07. The quantitative estimate of drug-likeness (QED) is 0.590. The minimum absolute atomic E-state index is 0.357. The summed E-state index contributed by atoms with van der Waals surface area (Å²) in [4.78, 5) is 0.570. The normalized spacial score (nSPS) is 13.8. The molecule has 0 fully saturated rings. The molecule has 0 saturated heterocycles. The number of thiophene rings is 1. The third-order valence-electron chi connectivity index (χ3n) is 1.49. The third-order valence-corrected chi connectivity index (χ3v) is 2.88. The van der Waals surface area contributed by atoms with Crippen molar-refractivity contribution in [2.45, 2.75) is 13.2 Å². The van der Waals surface area contributed by atoms with Gasteiger partial charge in [-0.1, -0.05) is 11.6 Å². The van der Waals surface area contributed by atoms with Gasteiger partial charge in [0.15, 0.2) is 6.23 Å². The Balaban J connectivity index is 2.77. The maximum atomic E-state index is 9.46. The highest BCUT2D eigenvalue weighted by Gasteiger charge is 2.17. The van der Waals surface area contributed by atoms with Gasteiger partial charge >= 0.3 is 0 Å². The smallest absolute Gasteiger partial charge is 0.165 e. The van der Waals surface area contributed by atoms with E-state index >= 15 is 0 Å². The van der Waals surface area contributed by atoms with Crippen molar-refractivity contribution in [1.29, 1.82) is 0 Å². The van der Waals surface area contributed by atoms with Crippen molar-refractivity contribution in [3.05, 3.63) is 21.3 Å². The van der Waals surface area contributed by atoms with Gasteiger partial charge in [0.2, 0.25) is 0 Å². The fourth-order valence-electron chi connectivity index (χ4n) is 0.798. The van der Waals surface area contributed by atoms with E-state index in [1.54, 1.807) is 18.4 Å². The molecule has 0 aromatic carbocycles. The molecule has 0 spiro atoms. The topological polar surface area (TPSA) is 43.7 Å². The summed E-state index contributed by atoms with van der Waals surface area (Å²) in [5, 5.41) is 21.7. The largest absolute Gasteiger partial charge is 0.371 e. The van der Waals surface area contributed by atoms with Crippen LogP contribution in [0.4, 0.5) is 0 Å². The van der Waals surface area contributed by atoms with Crippen molar-refractivity contribution in [2.24, 2.45) is 0 Å². The molecule has 0 amide bonds. The number of rotatable bonds is 3. The van der Waals surface area contributed by atoms with Crippen molar-refractivity contribution in [2.75, 3.05) is 6.54 Å². The maximum absolute atomic E-state index is 9.46. The molecule has 1 rings (SSSR count). The van der Waals surface area contributed by atoms with Crippen LogP contribution in [0.5, 0.6) is 0 Å². The van der Waals surface area contributed by atoms with Gasteiger partial charge in [0, 0.05) is 6.54 Å². The predicted octanol–water partition coefficient (Wildman–Crippen LogP) is 2.10. The van der Waals surface area contributed by atoms with E-state index in [1.807, 2.05) is 0 Å². The van der Waals surface area contributed by atoms with E-state index < -0.39 is 6.23 Å². The molecule has 0 aliphatic rings. The summed E-state index contributed by atoms with van der Waals surface area (Å²) in [6, 6.07) is 1.69. The van der Waals surface area contributed by atoms with Crippen molar-refractivity contribution in [3.63, 3.8) is 0 Å². The standard InChI is InChI=1S/C7H10ClNO2S/c1-2-9(11)7(10)6-5(8)3-4-12-6/h3-4,7,10-11H,2H2,1H3. The van der Waals surface area contributed by atoms with E-state index in [9.17, 15) is 5.11 Å². The molecule has 1 aromatic heterocycles. The molecule has 2 N–H and O–H groups in total. The predicted molar refractivity (Wildman–Crippen MR) is 48.5 cm³/mol. The van der Waals surface area contributed by atoms with Crippen LogP contribution in [0.2, 0.25) is 5.02 Å². The first-order valence-corrected chi connectivity index (χ1v) is 4.79. The van der Waals surface area contributed by atoms with Crippen LogP contribution in [0.1, 0.15) is 18.0 Å². The minimum Gasteiger partial charge on any atom is -0.371 e. The van der Waals surface area contributed by atoms with Crippen molar-refractivity contribution < 1.29 is 10.3 Å². The van der Waals surface area contributed by atoms with Crippen LogP contribution >= 0.6 is 22.9 Å². The zero-order valence-electron chi connectivity index (χ0n) is 6.57. The Labute approximate surface area is 79.8 Å². The summed E-state index contributed by atoms with van der Waals surface area (Å²) in [5.41, 5.74) is 0. The van der Waals surface area contributed by atoms with Gasteiger partial charge in [-0.2, -0.15) is 5.06 Å². The molecule has 5 heteroatoms. The Morgan fingerprint density at radius 2 is 2.42 bits per heavy atom. The second-order valence-corrected chi connectivity index (χ2v) is 3.62. The Hall–Kier alpha value is -0.130. The maximum Gasteiger partial charge on any atom is 0.165 e. The number of nitrogens with zero attached hydrogens (tertiary/aromatic N) is 1. The molecule has 12 heavy (non-hydrogen) atoms. The fraction of sp³-hybridized carbons (Fsp3) is 0.429. The highest BCUT2D eigenvalue weighted by Crippen LogP contribution is 2.29. The molecule has 0 radical (unpaired) electrons. The van der Waals surface area contributed by atoms with Crippen LogP contribution in [0.25, 0.3) is 0 Å². The van der Waals surface area contributed by atoms with Crippen LogP contribution in [-0.4, -0.2) is 21.9 Å². The summed E-state index contributed by atoms with van der Waals surface area (Å²) < 4.78 is 0. The van der Waals surface area contributed by atoms with Crippen LogP contribution in [0.15, 0.2) is 11.4 Å². The van der Waals surface area contributed by atoms with E-state index in [-0.39, 0.29) is 0 Å². The van der Waals surface area contributed by atoms with Gasteiger partial charge in [0.05, 0.1) is 9.90 Å². The van der Waals surface area contributed by atoms with Crippen molar-refractivity contribution >= 4 is 22.9 Å². The van der Waals surface area contributed by atoms with Crippen LogP contribution < -0.4 is 0 Å². The van der Waals surface area contributed by atoms with Crippen LogP contribution in [-0.2, 0) is 0 Å². The fourth-order valence-corrected chi connectivity index (χ4v) is 1.94. The van der Waals surface area contributed by atoms with Gasteiger partial charge in [-0.05, 0) is 18.4 Å². The molecule has 68 valence electrons. The molecular formula is C7H10ClNO2S. The van der Waals surface area contributed by atoms with E-state index in [4.69, 9.17) is 16.8 Å². The third kappa shape index (κ3) is 1.97. The van der Waals surface area contributed by atoms with E-state index in [2.05, 4.69) is 0 Å². The van der Waals surface area contributed by atoms with Crippen LogP contribution in [0, 0.1) is 0 Å². The van der Waals surface area contributed by atoms with E-state index in [1.165, 1.54) is 11.3 Å². The molecule has 0 saturated carbocycles. The lowest BCUT2D eigenvalue weighted by atomic mass is 10.4. The first kappa shape index (κ1) is 9.95. The van der Waals surface area contributed by atoms with Gasteiger partial charge in [-0.3, -0.25) is 0 Å². The van der Waals surface area contributed by atoms with Gasteiger partial charge in [-0.15, -0.1) is 11.3 Å². The number of hydrogen-bond donors (Lipinski definition) is 2. The first-order valence-electron chi connectivity index (χ1n) is 3.53. The van der Waals surface area contributed by atoms with Gasteiger partial charge in [-0.25, -0.2) is 0 Å². The van der Waals surface area contributed by atoms with Gasteiger partial charge in [0.25, 0.3) is 0 Å². The number of hydrogen-bond acceptors (Lipinski definition) is 4. The number of aliphatic hydroxyl groups excluding tert-OH is 1. The molecule has 1 heterocycles. The molecule has 3 nitrogen and oxygen atoms in total. The van der Waals surface area contributed by atoms with Gasteiger partial charge in [0.1, 0.15) is 0 Å². The van der Waals surface area contributed by atoms with Crippen LogP contribution in [0.3, 0.4) is 0 Å². The lowest BCUT2D eigenvalue weighted by Crippen LogP contribution is -2.23. The minimum atomic E-state index is -1.01. The second-order valence-electron chi connectivity index (χ2n) is 2.26. The Kier molecular flexibility index (Phi) is 3.49. The van der Waals surface area contributed by atoms with E-state index in [0.29, 0.717) is 16.4 Å². The zero-order valence-corrected chi connectivity index (χ0v) is 8.14. The average molecular weight is 208 g/mol. The first-order chi connectivity index (χ1) is 5.66. The number of halogens is 1. The summed E-state index contributed by atoms with van der Waals surface area (Å²) in [6.07, 6.45) is -1.01. The summed E-state index contributed by atoms with van der Waals surface area (Å²) in [5.74, 6) is 0. The highest BCUT2D eigenvalue weighted by atomic mass is 35.5.